The van der Waals surface area contributed by atoms with E-state index in [0.717, 1.165) is 11.3 Å². The zero-order valence-corrected chi connectivity index (χ0v) is 12.3. The van der Waals surface area contributed by atoms with E-state index in [1.54, 1.807) is 19.2 Å². The number of hydrogen-bond acceptors (Lipinski definition) is 4. The zero-order valence-electron chi connectivity index (χ0n) is 10.6. The third kappa shape index (κ3) is 2.73. The molecule has 5 nitrogen and oxygen atoms in total. The Morgan fingerprint density at radius 3 is 2.50 bits per heavy atom. The maximum absolute atomic E-state index is 12.4. The van der Waals surface area contributed by atoms with E-state index < -0.39 is 16.0 Å². The summed E-state index contributed by atoms with van der Waals surface area (Å²) in [6.07, 6.45) is 0.693. The lowest BCUT2D eigenvalue weighted by Gasteiger charge is -2.20. The van der Waals surface area contributed by atoms with Gasteiger partial charge in [0, 0.05) is 13.1 Å². The SMILES string of the molecule is CCCN(CC)S(=O)(=O)c1c(C)csc1C(=O)O. The van der Waals surface area contributed by atoms with E-state index >= 15 is 0 Å². The molecule has 0 aliphatic heterocycles. The van der Waals surface area contributed by atoms with Gasteiger partial charge in [0.05, 0.1) is 0 Å². The van der Waals surface area contributed by atoms with Gasteiger partial charge >= 0.3 is 5.97 Å². The summed E-state index contributed by atoms with van der Waals surface area (Å²) in [5.41, 5.74) is 0.493. The topological polar surface area (TPSA) is 74.7 Å². The third-order valence-electron chi connectivity index (χ3n) is 2.54. The number of aryl methyl sites for hydroxylation is 1. The summed E-state index contributed by atoms with van der Waals surface area (Å²) < 4.78 is 26.2. The summed E-state index contributed by atoms with van der Waals surface area (Å²) in [7, 11) is -3.71. The van der Waals surface area contributed by atoms with E-state index in [4.69, 9.17) is 5.11 Å². The van der Waals surface area contributed by atoms with Gasteiger partial charge in [0.2, 0.25) is 10.0 Å². The first-order valence-electron chi connectivity index (χ1n) is 5.67. The molecular weight excluding hydrogens is 274 g/mol. The van der Waals surface area contributed by atoms with Crippen molar-refractivity contribution in [2.45, 2.75) is 32.1 Å². The molecule has 0 saturated heterocycles. The Labute approximate surface area is 111 Å². The lowest BCUT2D eigenvalue weighted by molar-refractivity contribution is 0.0698. The minimum atomic E-state index is -3.71. The van der Waals surface area contributed by atoms with Crippen LogP contribution in [0.3, 0.4) is 0 Å². The number of thiophene rings is 1. The number of nitrogens with zero attached hydrogens (tertiary/aromatic N) is 1. The van der Waals surface area contributed by atoms with Gasteiger partial charge in [-0.2, -0.15) is 4.31 Å². The van der Waals surface area contributed by atoms with E-state index in [0.29, 0.717) is 25.1 Å². The fourth-order valence-corrected chi connectivity index (χ4v) is 4.85. The van der Waals surface area contributed by atoms with Crippen molar-refractivity contribution in [1.82, 2.24) is 4.31 Å². The summed E-state index contributed by atoms with van der Waals surface area (Å²) in [5, 5.41) is 10.6. The molecular formula is C11H17NO4S2. The molecule has 7 heteroatoms. The molecule has 0 atom stereocenters. The molecule has 0 aliphatic rings. The molecule has 0 unspecified atom stereocenters. The molecule has 1 aromatic rings. The second-order valence-electron chi connectivity index (χ2n) is 3.88. The number of carbonyl (C=O) groups is 1. The fraction of sp³-hybridized carbons (Fsp3) is 0.545. The number of hydrogen-bond donors (Lipinski definition) is 1. The van der Waals surface area contributed by atoms with Crippen LogP contribution >= 0.6 is 11.3 Å². The Kier molecular flexibility index (Phi) is 4.89. The zero-order chi connectivity index (χ0) is 13.9. The summed E-state index contributed by atoms with van der Waals surface area (Å²) in [4.78, 5) is 10.9. The number of carboxylic acids is 1. The normalized spacial score (nSPS) is 12.0. The van der Waals surface area contributed by atoms with Crippen LogP contribution in [0.5, 0.6) is 0 Å². The van der Waals surface area contributed by atoms with Crippen LogP contribution in [0.4, 0.5) is 0 Å². The molecule has 0 fully saturated rings. The Hall–Kier alpha value is -0.920. The van der Waals surface area contributed by atoms with E-state index in [1.807, 2.05) is 6.92 Å². The second-order valence-corrected chi connectivity index (χ2v) is 6.63. The molecule has 0 spiro atoms. The summed E-state index contributed by atoms with van der Waals surface area (Å²) >= 11 is 0.952. The van der Waals surface area contributed by atoms with Gasteiger partial charge in [-0.05, 0) is 24.3 Å². The van der Waals surface area contributed by atoms with Crippen LogP contribution in [0.1, 0.15) is 35.5 Å². The molecule has 1 rings (SSSR count). The molecule has 0 aromatic carbocycles. The van der Waals surface area contributed by atoms with Crippen LogP contribution in [-0.4, -0.2) is 36.9 Å². The number of rotatable bonds is 6. The van der Waals surface area contributed by atoms with Gasteiger partial charge in [-0.3, -0.25) is 0 Å². The molecule has 0 amide bonds. The Morgan fingerprint density at radius 2 is 2.06 bits per heavy atom. The van der Waals surface area contributed by atoms with Crippen molar-refractivity contribution in [3.8, 4) is 0 Å². The average Bonchev–Trinajstić information content (AvgIpc) is 2.68. The highest BCUT2D eigenvalue weighted by atomic mass is 32.2. The maximum atomic E-state index is 12.4. The smallest absolute Gasteiger partial charge is 0.347 e. The van der Waals surface area contributed by atoms with Crippen LogP contribution in [0.25, 0.3) is 0 Å². The van der Waals surface area contributed by atoms with Gasteiger partial charge in [-0.1, -0.05) is 13.8 Å². The van der Waals surface area contributed by atoms with Crippen molar-refractivity contribution in [3.05, 3.63) is 15.8 Å². The standard InChI is InChI=1S/C11H17NO4S2/c1-4-6-12(5-2)18(15,16)10-8(3)7-17-9(10)11(13)14/h7H,4-6H2,1-3H3,(H,13,14). The predicted octanol–water partition coefficient (Wildman–Crippen LogP) is 2.18. The van der Waals surface area contributed by atoms with E-state index in [9.17, 15) is 13.2 Å². The first-order valence-corrected chi connectivity index (χ1v) is 7.99. The van der Waals surface area contributed by atoms with E-state index in [1.165, 1.54) is 4.31 Å². The largest absolute Gasteiger partial charge is 0.477 e. The predicted molar refractivity (Wildman–Crippen MR) is 70.7 cm³/mol. The molecule has 0 radical (unpaired) electrons. The van der Waals surface area contributed by atoms with E-state index in [-0.39, 0.29) is 9.77 Å². The van der Waals surface area contributed by atoms with Gasteiger partial charge in [-0.25, -0.2) is 13.2 Å². The van der Waals surface area contributed by atoms with Crippen molar-refractivity contribution in [2.24, 2.45) is 0 Å². The molecule has 0 saturated carbocycles. The lowest BCUT2D eigenvalue weighted by atomic mass is 10.3. The quantitative estimate of drug-likeness (QED) is 0.871. The van der Waals surface area contributed by atoms with Crippen LogP contribution in [0, 0.1) is 6.92 Å². The van der Waals surface area contributed by atoms with Crippen molar-refractivity contribution in [3.63, 3.8) is 0 Å². The minimum absolute atomic E-state index is 0.0599. The third-order valence-corrected chi connectivity index (χ3v) is 5.91. The average molecular weight is 291 g/mol. The number of carboxylic acid groups (broad SMARTS) is 1. The van der Waals surface area contributed by atoms with Crippen LogP contribution in [-0.2, 0) is 10.0 Å². The van der Waals surface area contributed by atoms with Crippen molar-refractivity contribution >= 4 is 27.3 Å². The van der Waals surface area contributed by atoms with Gasteiger partial charge < -0.3 is 5.11 Å². The maximum Gasteiger partial charge on any atom is 0.347 e. The van der Waals surface area contributed by atoms with Crippen LogP contribution < -0.4 is 0 Å². The molecule has 102 valence electrons. The van der Waals surface area contributed by atoms with Gasteiger partial charge in [0.1, 0.15) is 9.77 Å². The molecule has 0 bridgehead atoms. The van der Waals surface area contributed by atoms with Gasteiger partial charge in [0.15, 0.2) is 0 Å². The molecule has 1 aromatic heterocycles. The highest BCUT2D eigenvalue weighted by molar-refractivity contribution is 7.89. The van der Waals surface area contributed by atoms with Crippen molar-refractivity contribution in [1.29, 1.82) is 0 Å². The van der Waals surface area contributed by atoms with Gasteiger partial charge in [0.25, 0.3) is 0 Å². The van der Waals surface area contributed by atoms with Crippen molar-refractivity contribution < 1.29 is 18.3 Å². The first kappa shape index (κ1) is 15.1. The first-order chi connectivity index (χ1) is 8.36. The number of aromatic carboxylic acids is 1. The Balaban J connectivity index is 3.35. The summed E-state index contributed by atoms with van der Waals surface area (Å²) in [6.45, 7) is 5.99. The molecule has 1 heterocycles. The molecule has 0 aliphatic carbocycles. The molecule has 18 heavy (non-hydrogen) atoms. The Bertz CT molecular complexity index is 533. The fourth-order valence-electron chi connectivity index (χ4n) is 1.73. The van der Waals surface area contributed by atoms with Crippen molar-refractivity contribution in [2.75, 3.05) is 13.1 Å². The van der Waals surface area contributed by atoms with Crippen LogP contribution in [0.2, 0.25) is 0 Å². The Morgan fingerprint density at radius 1 is 1.44 bits per heavy atom. The lowest BCUT2D eigenvalue weighted by Crippen LogP contribution is -2.32. The highest BCUT2D eigenvalue weighted by Crippen LogP contribution is 2.29. The minimum Gasteiger partial charge on any atom is -0.477 e. The second kappa shape index (κ2) is 5.81. The van der Waals surface area contributed by atoms with Crippen LogP contribution in [0.15, 0.2) is 10.3 Å². The molecule has 1 N–H and O–H groups in total. The monoisotopic (exact) mass is 291 g/mol. The summed E-state index contributed by atoms with van der Waals surface area (Å²) in [6, 6.07) is 0. The van der Waals surface area contributed by atoms with E-state index in [2.05, 4.69) is 0 Å². The highest BCUT2D eigenvalue weighted by Gasteiger charge is 2.30. The summed E-state index contributed by atoms with van der Waals surface area (Å²) in [5.74, 6) is -1.20. The van der Waals surface area contributed by atoms with Gasteiger partial charge in [-0.15, -0.1) is 11.3 Å². The number of sulfonamides is 1.